The van der Waals surface area contributed by atoms with Gasteiger partial charge in [-0.2, -0.15) is 0 Å². The molecular weight excluding hydrogens is 404 g/mol. The van der Waals surface area contributed by atoms with Crippen LogP contribution < -0.4 is 23.8 Å². The largest absolute Gasteiger partial charge is 0.493 e. The minimum absolute atomic E-state index is 0.380. The second kappa shape index (κ2) is 8.30. The van der Waals surface area contributed by atoms with Gasteiger partial charge in [0.15, 0.2) is 24.0 Å². The summed E-state index contributed by atoms with van der Waals surface area (Å²) in [6, 6.07) is 22.2. The lowest BCUT2D eigenvalue weighted by molar-refractivity contribution is 0.289. The maximum absolute atomic E-state index is 6.34. The van der Waals surface area contributed by atoms with Gasteiger partial charge in [0.05, 0.1) is 33.4 Å². The predicted molar refractivity (Wildman–Crippen MR) is 125 cm³/mol. The van der Waals surface area contributed by atoms with Crippen molar-refractivity contribution in [3.05, 3.63) is 72.3 Å². The summed E-state index contributed by atoms with van der Waals surface area (Å²) in [5, 5.41) is 1.08. The van der Waals surface area contributed by atoms with Crippen LogP contribution in [0, 0.1) is 0 Å². The monoisotopic (exact) mass is 428 g/mol. The van der Waals surface area contributed by atoms with Crippen LogP contribution >= 0.6 is 0 Å². The number of para-hydroxylation sites is 1. The van der Waals surface area contributed by atoms with Gasteiger partial charge in [-0.3, -0.25) is 0 Å². The van der Waals surface area contributed by atoms with Gasteiger partial charge in [0.2, 0.25) is 5.75 Å². The van der Waals surface area contributed by atoms with Crippen LogP contribution in [0.1, 0.15) is 5.56 Å². The van der Waals surface area contributed by atoms with Crippen molar-refractivity contribution in [1.82, 2.24) is 4.98 Å². The zero-order chi connectivity index (χ0) is 22.1. The van der Waals surface area contributed by atoms with Gasteiger partial charge in [-0.05, 0) is 6.07 Å². The van der Waals surface area contributed by atoms with Gasteiger partial charge in [-0.25, -0.2) is 4.98 Å². The van der Waals surface area contributed by atoms with Crippen molar-refractivity contribution in [3.8, 4) is 34.3 Å². The van der Waals surface area contributed by atoms with E-state index in [-0.39, 0.29) is 0 Å². The Morgan fingerprint density at radius 2 is 1.53 bits per heavy atom. The number of hydrogen-bond acceptors (Lipinski definition) is 6. The predicted octanol–water partition coefficient (Wildman–Crippen LogP) is 5.28. The lowest BCUT2D eigenvalue weighted by Crippen LogP contribution is -2.32. The fourth-order valence-corrected chi connectivity index (χ4v) is 4.16. The van der Waals surface area contributed by atoms with E-state index in [0.29, 0.717) is 30.5 Å². The summed E-state index contributed by atoms with van der Waals surface area (Å²) in [6.45, 7) is 1.04. The molecule has 0 saturated carbocycles. The molecule has 0 bridgehead atoms. The highest BCUT2D eigenvalue weighted by molar-refractivity contribution is 5.89. The van der Waals surface area contributed by atoms with Gasteiger partial charge in [-0.1, -0.05) is 48.5 Å². The zero-order valence-corrected chi connectivity index (χ0v) is 18.3. The standard InChI is InChI=1S/C26H24N2O4/c1-29-22-13-18(14-23(30-2)26(22)31-3)28-15-20-19-11-7-8-12-21(19)27-24(25(20)32-16-28)17-9-5-4-6-10-17/h4-14H,15-16H2,1-3H3. The van der Waals surface area contributed by atoms with E-state index in [1.807, 2.05) is 48.5 Å². The maximum atomic E-state index is 6.34. The highest BCUT2D eigenvalue weighted by atomic mass is 16.5. The van der Waals surface area contributed by atoms with Gasteiger partial charge in [-0.15, -0.1) is 0 Å². The molecule has 0 atom stereocenters. The first-order chi connectivity index (χ1) is 15.7. The molecule has 0 N–H and O–H groups in total. The van der Waals surface area contributed by atoms with E-state index in [1.54, 1.807) is 21.3 Å². The van der Waals surface area contributed by atoms with E-state index in [0.717, 1.165) is 39.2 Å². The van der Waals surface area contributed by atoms with Gasteiger partial charge < -0.3 is 23.8 Å². The summed E-state index contributed by atoms with van der Waals surface area (Å²) < 4.78 is 22.9. The molecule has 4 aromatic rings. The van der Waals surface area contributed by atoms with Crippen molar-refractivity contribution in [2.45, 2.75) is 6.54 Å². The van der Waals surface area contributed by atoms with E-state index in [4.69, 9.17) is 23.9 Å². The molecule has 0 amide bonds. The van der Waals surface area contributed by atoms with Crippen LogP contribution in [0.3, 0.4) is 0 Å². The minimum Gasteiger partial charge on any atom is -0.493 e. The van der Waals surface area contributed by atoms with Crippen molar-refractivity contribution in [2.75, 3.05) is 33.0 Å². The van der Waals surface area contributed by atoms with Crippen LogP contribution in [0.2, 0.25) is 0 Å². The number of rotatable bonds is 5. The Kier molecular flexibility index (Phi) is 5.19. The molecule has 0 saturated heterocycles. The molecule has 1 aromatic heterocycles. The van der Waals surface area contributed by atoms with Gasteiger partial charge >= 0.3 is 0 Å². The minimum atomic E-state index is 0.380. The molecular formula is C26H24N2O4. The lowest BCUT2D eigenvalue weighted by Gasteiger charge is -2.33. The number of methoxy groups -OCH3 is 3. The van der Waals surface area contributed by atoms with Crippen molar-refractivity contribution in [3.63, 3.8) is 0 Å². The molecule has 3 aromatic carbocycles. The summed E-state index contributed by atoms with van der Waals surface area (Å²) in [5.74, 6) is 2.62. The molecule has 0 unspecified atom stereocenters. The number of benzene rings is 3. The van der Waals surface area contributed by atoms with Gasteiger partial charge in [0, 0.05) is 34.3 Å². The Morgan fingerprint density at radius 3 is 2.22 bits per heavy atom. The van der Waals surface area contributed by atoms with Crippen LogP contribution in [-0.4, -0.2) is 33.0 Å². The normalized spacial score (nSPS) is 12.8. The Hall–Kier alpha value is -3.93. The van der Waals surface area contributed by atoms with E-state index in [1.165, 1.54) is 0 Å². The van der Waals surface area contributed by atoms with Gasteiger partial charge in [0.25, 0.3) is 0 Å². The third kappa shape index (κ3) is 3.34. The van der Waals surface area contributed by atoms with E-state index >= 15 is 0 Å². The number of ether oxygens (including phenoxy) is 4. The third-order valence-corrected chi connectivity index (χ3v) is 5.73. The van der Waals surface area contributed by atoms with Crippen LogP contribution in [0.4, 0.5) is 5.69 Å². The number of nitrogens with zero attached hydrogens (tertiary/aromatic N) is 2. The number of hydrogen-bond donors (Lipinski definition) is 0. The average Bonchev–Trinajstić information content (AvgIpc) is 2.87. The molecule has 0 spiro atoms. The molecule has 5 rings (SSSR count). The first-order valence-electron chi connectivity index (χ1n) is 10.4. The molecule has 0 fully saturated rings. The summed E-state index contributed by atoms with van der Waals surface area (Å²) >= 11 is 0. The van der Waals surface area contributed by atoms with E-state index in [2.05, 4.69) is 23.1 Å². The summed E-state index contributed by atoms with van der Waals surface area (Å²) in [4.78, 5) is 7.08. The number of anilines is 1. The maximum Gasteiger partial charge on any atom is 0.203 e. The SMILES string of the molecule is COc1cc(N2COc3c(-c4ccccc4)nc4ccccc4c3C2)cc(OC)c1OC. The smallest absolute Gasteiger partial charge is 0.203 e. The Balaban J connectivity index is 1.63. The highest BCUT2D eigenvalue weighted by Crippen LogP contribution is 2.44. The first kappa shape index (κ1) is 20.0. The summed E-state index contributed by atoms with van der Waals surface area (Å²) in [5.41, 5.74) is 4.88. The van der Waals surface area contributed by atoms with Crippen LogP contribution in [0.25, 0.3) is 22.2 Å². The van der Waals surface area contributed by atoms with Crippen LogP contribution in [0.5, 0.6) is 23.0 Å². The third-order valence-electron chi connectivity index (χ3n) is 5.73. The fraction of sp³-hybridized carbons (Fsp3) is 0.192. The zero-order valence-electron chi connectivity index (χ0n) is 18.3. The van der Waals surface area contributed by atoms with Crippen molar-refractivity contribution in [1.29, 1.82) is 0 Å². The van der Waals surface area contributed by atoms with E-state index < -0.39 is 0 Å². The highest BCUT2D eigenvalue weighted by Gasteiger charge is 2.26. The molecule has 1 aliphatic heterocycles. The Bertz CT molecular complexity index is 1250. The molecule has 2 heterocycles. The molecule has 6 heteroatoms. The average molecular weight is 428 g/mol. The number of aromatic nitrogens is 1. The summed E-state index contributed by atoms with van der Waals surface area (Å²) in [6.07, 6.45) is 0. The Morgan fingerprint density at radius 1 is 0.844 bits per heavy atom. The second-order valence-electron chi connectivity index (χ2n) is 7.51. The number of pyridine rings is 1. The first-order valence-corrected chi connectivity index (χ1v) is 10.4. The van der Waals surface area contributed by atoms with Crippen LogP contribution in [0.15, 0.2) is 66.7 Å². The second-order valence-corrected chi connectivity index (χ2v) is 7.51. The molecule has 1 aliphatic rings. The molecule has 162 valence electrons. The quantitative estimate of drug-likeness (QED) is 0.431. The Labute approximate surface area is 186 Å². The van der Waals surface area contributed by atoms with Crippen molar-refractivity contribution >= 4 is 16.6 Å². The van der Waals surface area contributed by atoms with Crippen molar-refractivity contribution in [2.24, 2.45) is 0 Å². The van der Waals surface area contributed by atoms with Gasteiger partial charge in [0.1, 0.15) is 5.69 Å². The van der Waals surface area contributed by atoms with Crippen LogP contribution in [-0.2, 0) is 6.54 Å². The summed E-state index contributed by atoms with van der Waals surface area (Å²) in [7, 11) is 4.84. The topological polar surface area (TPSA) is 53.1 Å². The molecule has 0 radical (unpaired) electrons. The molecule has 32 heavy (non-hydrogen) atoms. The fourth-order valence-electron chi connectivity index (χ4n) is 4.16. The van der Waals surface area contributed by atoms with Crippen molar-refractivity contribution < 1.29 is 18.9 Å². The van der Waals surface area contributed by atoms with E-state index in [9.17, 15) is 0 Å². The molecule has 6 nitrogen and oxygen atoms in total. The molecule has 0 aliphatic carbocycles. The lowest BCUT2D eigenvalue weighted by atomic mass is 10.0. The number of fused-ring (bicyclic) bond motifs is 3.